The first-order valence-electron chi connectivity index (χ1n) is 5.28. The van der Waals surface area contributed by atoms with Crippen LogP contribution in [0.5, 0.6) is 11.5 Å². The van der Waals surface area contributed by atoms with Crippen molar-refractivity contribution in [2.45, 2.75) is 13.5 Å². The third kappa shape index (κ3) is 3.31. The molecule has 0 aromatic heterocycles. The number of ether oxygens (including phenoxy) is 3. The lowest BCUT2D eigenvalue weighted by molar-refractivity contribution is -0.0507. The van der Waals surface area contributed by atoms with Crippen molar-refractivity contribution in [3.8, 4) is 17.6 Å². The molecule has 0 unspecified atom stereocenters. The number of methoxy groups -OCH3 is 1. The van der Waals surface area contributed by atoms with E-state index >= 15 is 0 Å². The molecule has 0 radical (unpaired) electrons. The van der Waals surface area contributed by atoms with E-state index in [-0.39, 0.29) is 23.5 Å². The number of carbonyl (C=O) groups is 1. The van der Waals surface area contributed by atoms with Gasteiger partial charge in [0.2, 0.25) is 0 Å². The van der Waals surface area contributed by atoms with Crippen LogP contribution in [0.1, 0.15) is 22.8 Å². The van der Waals surface area contributed by atoms with Crippen LogP contribution >= 0.6 is 0 Å². The second-order valence-electron chi connectivity index (χ2n) is 3.23. The number of hydrogen-bond acceptors (Lipinski definition) is 5. The molecule has 0 amide bonds. The zero-order valence-electron chi connectivity index (χ0n) is 10.3. The van der Waals surface area contributed by atoms with Gasteiger partial charge in [-0.15, -0.1) is 0 Å². The number of nitriles is 1. The summed E-state index contributed by atoms with van der Waals surface area (Å²) in [5, 5.41) is 8.97. The van der Waals surface area contributed by atoms with Gasteiger partial charge in [-0.05, 0) is 19.1 Å². The average Bonchev–Trinajstić information content (AvgIpc) is 2.37. The molecule has 0 aliphatic carbocycles. The number of esters is 1. The molecule has 0 saturated carbocycles. The van der Waals surface area contributed by atoms with E-state index in [1.165, 1.54) is 19.2 Å². The van der Waals surface area contributed by atoms with Gasteiger partial charge in [-0.2, -0.15) is 14.0 Å². The molecular formula is C12H11F2NO4. The zero-order valence-corrected chi connectivity index (χ0v) is 10.3. The number of alkyl halides is 2. The molecule has 19 heavy (non-hydrogen) atoms. The minimum atomic E-state index is -3.17. The Morgan fingerprint density at radius 1 is 1.47 bits per heavy atom. The van der Waals surface area contributed by atoms with Crippen LogP contribution < -0.4 is 9.47 Å². The van der Waals surface area contributed by atoms with Crippen LogP contribution in [-0.4, -0.2) is 26.3 Å². The number of halogens is 2. The summed E-state index contributed by atoms with van der Waals surface area (Å²) in [6, 6.07) is 4.18. The Morgan fingerprint density at radius 2 is 2.16 bits per heavy atom. The summed E-state index contributed by atoms with van der Waals surface area (Å²) in [5.74, 6) is -1.36. The van der Waals surface area contributed by atoms with Gasteiger partial charge < -0.3 is 14.2 Å². The van der Waals surface area contributed by atoms with Crippen LogP contribution in [0, 0.1) is 11.3 Å². The van der Waals surface area contributed by atoms with Crippen molar-refractivity contribution in [1.82, 2.24) is 0 Å². The predicted octanol–water partition coefficient (Wildman–Crippen LogP) is 2.34. The van der Waals surface area contributed by atoms with Crippen LogP contribution in [0.4, 0.5) is 8.78 Å². The molecule has 1 rings (SSSR count). The molecule has 7 heteroatoms. The van der Waals surface area contributed by atoms with Gasteiger partial charge in [0.05, 0.1) is 13.7 Å². The van der Waals surface area contributed by atoms with Gasteiger partial charge in [-0.1, -0.05) is 0 Å². The van der Waals surface area contributed by atoms with E-state index in [2.05, 4.69) is 4.74 Å². The molecule has 1 aromatic rings. The van der Waals surface area contributed by atoms with Crippen LogP contribution in [0.2, 0.25) is 0 Å². The SMILES string of the molecule is CCOC(=O)c1ccc(OC)c(C#N)c1OC(F)F. The zero-order chi connectivity index (χ0) is 14.4. The van der Waals surface area contributed by atoms with Gasteiger partial charge in [0, 0.05) is 0 Å². The van der Waals surface area contributed by atoms with Crippen molar-refractivity contribution in [1.29, 1.82) is 5.26 Å². The molecule has 102 valence electrons. The van der Waals surface area contributed by atoms with Gasteiger partial charge >= 0.3 is 12.6 Å². The standard InChI is InChI=1S/C12H11F2NO4/c1-3-18-11(16)7-4-5-9(17-2)8(6-15)10(7)19-12(13)14/h4-5,12H,3H2,1-2H3. The maximum absolute atomic E-state index is 12.4. The monoisotopic (exact) mass is 271 g/mol. The predicted molar refractivity (Wildman–Crippen MR) is 60.3 cm³/mol. The number of carbonyl (C=O) groups excluding carboxylic acids is 1. The van der Waals surface area contributed by atoms with E-state index in [9.17, 15) is 13.6 Å². The molecule has 0 aliphatic rings. The first kappa shape index (κ1) is 14.7. The van der Waals surface area contributed by atoms with Gasteiger partial charge in [-0.3, -0.25) is 0 Å². The molecule has 0 saturated heterocycles. The van der Waals surface area contributed by atoms with Crippen molar-refractivity contribution >= 4 is 5.97 Å². The maximum Gasteiger partial charge on any atom is 0.387 e. The van der Waals surface area contributed by atoms with Crippen molar-refractivity contribution in [3.05, 3.63) is 23.3 Å². The normalized spacial score (nSPS) is 9.89. The fourth-order valence-corrected chi connectivity index (χ4v) is 1.42. The minimum absolute atomic E-state index is 0.0335. The van der Waals surface area contributed by atoms with E-state index in [1.807, 2.05) is 0 Å². The molecule has 0 atom stereocenters. The van der Waals surface area contributed by atoms with E-state index in [4.69, 9.17) is 14.7 Å². The Balaban J connectivity index is 3.38. The summed E-state index contributed by atoms with van der Waals surface area (Å²) in [5.41, 5.74) is -0.534. The Hall–Kier alpha value is -2.36. The minimum Gasteiger partial charge on any atom is -0.495 e. The van der Waals surface area contributed by atoms with Gasteiger partial charge in [0.1, 0.15) is 22.9 Å². The van der Waals surface area contributed by atoms with Crippen LogP contribution in [-0.2, 0) is 4.74 Å². The molecule has 0 fully saturated rings. The van der Waals surface area contributed by atoms with E-state index in [1.54, 1.807) is 13.0 Å². The third-order valence-electron chi connectivity index (χ3n) is 2.15. The second kappa shape index (κ2) is 6.54. The first-order valence-corrected chi connectivity index (χ1v) is 5.28. The largest absolute Gasteiger partial charge is 0.495 e. The number of nitrogens with zero attached hydrogens (tertiary/aromatic N) is 1. The highest BCUT2D eigenvalue weighted by atomic mass is 19.3. The fourth-order valence-electron chi connectivity index (χ4n) is 1.42. The van der Waals surface area contributed by atoms with Crippen molar-refractivity contribution < 1.29 is 27.8 Å². The lowest BCUT2D eigenvalue weighted by atomic mass is 10.1. The molecule has 5 nitrogen and oxygen atoms in total. The molecular weight excluding hydrogens is 260 g/mol. The molecule has 0 N–H and O–H groups in total. The fraction of sp³-hybridized carbons (Fsp3) is 0.333. The molecule has 1 aromatic carbocycles. The molecule has 0 aliphatic heterocycles. The van der Waals surface area contributed by atoms with Crippen molar-refractivity contribution in [2.75, 3.05) is 13.7 Å². The average molecular weight is 271 g/mol. The van der Waals surface area contributed by atoms with Gasteiger partial charge in [0.25, 0.3) is 0 Å². The van der Waals surface area contributed by atoms with Gasteiger partial charge in [-0.25, -0.2) is 4.79 Å². The molecule has 0 heterocycles. The lowest BCUT2D eigenvalue weighted by Gasteiger charge is -2.13. The first-order chi connectivity index (χ1) is 9.04. The van der Waals surface area contributed by atoms with Crippen molar-refractivity contribution in [2.24, 2.45) is 0 Å². The third-order valence-corrected chi connectivity index (χ3v) is 2.15. The van der Waals surface area contributed by atoms with Gasteiger partial charge in [0.15, 0.2) is 5.75 Å². The maximum atomic E-state index is 12.4. The second-order valence-corrected chi connectivity index (χ2v) is 3.23. The topological polar surface area (TPSA) is 68.5 Å². The summed E-state index contributed by atoms with van der Waals surface area (Å²) in [7, 11) is 1.27. The van der Waals surface area contributed by atoms with Crippen LogP contribution in [0.3, 0.4) is 0 Å². The van der Waals surface area contributed by atoms with Crippen molar-refractivity contribution in [3.63, 3.8) is 0 Å². The summed E-state index contributed by atoms with van der Waals surface area (Å²) < 4.78 is 38.6. The van der Waals surface area contributed by atoms with E-state index in [0.717, 1.165) is 0 Å². The highest BCUT2D eigenvalue weighted by Crippen LogP contribution is 2.33. The summed E-state index contributed by atoms with van der Waals surface area (Å²) in [4.78, 5) is 11.6. The lowest BCUT2D eigenvalue weighted by Crippen LogP contribution is -2.12. The highest BCUT2D eigenvalue weighted by molar-refractivity contribution is 5.94. The summed E-state index contributed by atoms with van der Waals surface area (Å²) in [6.45, 7) is -1.53. The Morgan fingerprint density at radius 3 is 2.63 bits per heavy atom. The Labute approximate surface area is 108 Å². The Kier molecular flexibility index (Phi) is 5.06. The van der Waals surface area contributed by atoms with Crippen LogP contribution in [0.25, 0.3) is 0 Å². The van der Waals surface area contributed by atoms with E-state index in [0.29, 0.717) is 0 Å². The quantitative estimate of drug-likeness (QED) is 0.769. The van der Waals surface area contributed by atoms with Crippen LogP contribution in [0.15, 0.2) is 12.1 Å². The molecule has 0 bridgehead atoms. The Bertz CT molecular complexity index is 511. The smallest absolute Gasteiger partial charge is 0.387 e. The summed E-state index contributed by atoms with van der Waals surface area (Å²) in [6.07, 6.45) is 0. The number of benzene rings is 1. The highest BCUT2D eigenvalue weighted by Gasteiger charge is 2.23. The number of hydrogen-bond donors (Lipinski definition) is 0. The number of rotatable bonds is 5. The molecule has 0 spiro atoms. The van der Waals surface area contributed by atoms with E-state index < -0.39 is 18.3 Å². The summed E-state index contributed by atoms with van der Waals surface area (Å²) >= 11 is 0.